The lowest BCUT2D eigenvalue weighted by molar-refractivity contribution is -0.167. The second-order valence-electron chi connectivity index (χ2n) is 16.0. The zero-order valence-electron chi connectivity index (χ0n) is 38.5. The summed E-state index contributed by atoms with van der Waals surface area (Å²) in [6, 6.07) is 0. The van der Waals surface area contributed by atoms with Gasteiger partial charge in [-0.1, -0.05) is 196 Å². The van der Waals surface area contributed by atoms with E-state index in [9.17, 15) is 14.4 Å². The number of unbranched alkanes of at least 4 members (excludes halogenated alkanes) is 20. The summed E-state index contributed by atoms with van der Waals surface area (Å²) in [4.78, 5) is 37.7. The number of rotatable bonds is 43. The van der Waals surface area contributed by atoms with Gasteiger partial charge in [0.1, 0.15) is 13.2 Å². The summed E-state index contributed by atoms with van der Waals surface area (Å²) in [5.74, 6) is -0.968. The van der Waals surface area contributed by atoms with E-state index < -0.39 is 6.10 Å². The number of hydrogen-bond acceptors (Lipinski definition) is 6. The number of hydrogen-bond donors (Lipinski definition) is 0. The molecule has 0 saturated heterocycles. The van der Waals surface area contributed by atoms with Crippen LogP contribution < -0.4 is 0 Å². The maximum Gasteiger partial charge on any atom is 0.306 e. The van der Waals surface area contributed by atoms with Crippen LogP contribution >= 0.6 is 0 Å². The van der Waals surface area contributed by atoms with Crippen molar-refractivity contribution in [2.24, 2.45) is 0 Å². The van der Waals surface area contributed by atoms with Crippen LogP contribution in [-0.4, -0.2) is 37.2 Å². The van der Waals surface area contributed by atoms with Gasteiger partial charge in [0.2, 0.25) is 0 Å². The molecule has 59 heavy (non-hydrogen) atoms. The van der Waals surface area contributed by atoms with E-state index in [-0.39, 0.29) is 37.5 Å². The van der Waals surface area contributed by atoms with Gasteiger partial charge in [-0.15, -0.1) is 0 Å². The first kappa shape index (κ1) is 55.9. The normalized spacial score (nSPS) is 12.7. The maximum atomic E-state index is 12.7. The summed E-state index contributed by atoms with van der Waals surface area (Å²) in [7, 11) is 0. The van der Waals surface area contributed by atoms with E-state index in [4.69, 9.17) is 14.2 Å². The molecule has 0 aromatic rings. The zero-order valence-corrected chi connectivity index (χ0v) is 38.5. The molecule has 0 heterocycles. The number of ether oxygens (including phenoxy) is 3. The van der Waals surface area contributed by atoms with Crippen LogP contribution in [0.2, 0.25) is 0 Å². The molecule has 0 N–H and O–H groups in total. The molecule has 0 rings (SSSR count). The van der Waals surface area contributed by atoms with Gasteiger partial charge in [-0.3, -0.25) is 14.4 Å². The Kier molecular flexibility index (Phi) is 45.0. The maximum absolute atomic E-state index is 12.7. The summed E-state index contributed by atoms with van der Waals surface area (Å²) in [6.45, 7) is 6.42. The van der Waals surface area contributed by atoms with Gasteiger partial charge in [-0.25, -0.2) is 0 Å². The first-order valence-corrected chi connectivity index (χ1v) is 24.4. The highest BCUT2D eigenvalue weighted by Crippen LogP contribution is 2.13. The first-order chi connectivity index (χ1) is 29.0. The Bertz CT molecular complexity index is 1130. The fraction of sp³-hybridized carbons (Fsp3) is 0.717. The molecule has 0 radical (unpaired) electrons. The summed E-state index contributed by atoms with van der Waals surface area (Å²) in [5.41, 5.74) is 0. The molecule has 0 aliphatic heterocycles. The van der Waals surface area contributed by atoms with E-state index in [1.165, 1.54) is 103 Å². The molecule has 0 aliphatic carbocycles. The summed E-state index contributed by atoms with van der Waals surface area (Å²) in [6.07, 6.45) is 59.0. The minimum absolute atomic E-state index is 0.0946. The third kappa shape index (κ3) is 45.8. The molecule has 0 aromatic heterocycles. The topological polar surface area (TPSA) is 78.9 Å². The molecule has 0 saturated carbocycles. The molecule has 0 aliphatic rings. The fourth-order valence-corrected chi connectivity index (χ4v) is 6.53. The molecule has 1 unspecified atom stereocenters. The SMILES string of the molecule is CC/C=C\C/C=C\C/C=C\C/C=C\C/C=C\CCCC(=O)OCC(COC(=O)CCCCCCCCC)OC(=O)CCCCCCCCC/C=C\CCCCCCCC. The Morgan fingerprint density at radius 2 is 0.678 bits per heavy atom. The van der Waals surface area contributed by atoms with Gasteiger partial charge < -0.3 is 14.2 Å². The van der Waals surface area contributed by atoms with Crippen molar-refractivity contribution in [3.63, 3.8) is 0 Å². The van der Waals surface area contributed by atoms with Crippen molar-refractivity contribution in [3.05, 3.63) is 72.9 Å². The van der Waals surface area contributed by atoms with Crippen molar-refractivity contribution in [1.29, 1.82) is 0 Å². The van der Waals surface area contributed by atoms with Gasteiger partial charge in [0, 0.05) is 19.3 Å². The highest BCUT2D eigenvalue weighted by Gasteiger charge is 2.19. The van der Waals surface area contributed by atoms with Crippen LogP contribution in [0, 0.1) is 0 Å². The predicted molar refractivity (Wildman–Crippen MR) is 251 cm³/mol. The Balaban J connectivity index is 4.38. The Morgan fingerprint density at radius 1 is 0.356 bits per heavy atom. The zero-order chi connectivity index (χ0) is 43.0. The van der Waals surface area contributed by atoms with Gasteiger partial charge >= 0.3 is 17.9 Å². The monoisotopic (exact) mass is 823 g/mol. The molecule has 6 heteroatoms. The lowest BCUT2D eigenvalue weighted by Crippen LogP contribution is -2.30. The fourth-order valence-electron chi connectivity index (χ4n) is 6.53. The van der Waals surface area contributed by atoms with Crippen LogP contribution in [0.25, 0.3) is 0 Å². The molecular formula is C53H90O6. The van der Waals surface area contributed by atoms with E-state index in [1.807, 2.05) is 0 Å². The van der Waals surface area contributed by atoms with E-state index in [1.54, 1.807) is 0 Å². The quantitative estimate of drug-likeness (QED) is 0.0264. The van der Waals surface area contributed by atoms with Crippen molar-refractivity contribution in [1.82, 2.24) is 0 Å². The molecule has 338 valence electrons. The van der Waals surface area contributed by atoms with Crippen LogP contribution in [0.15, 0.2) is 72.9 Å². The Morgan fingerprint density at radius 3 is 1.12 bits per heavy atom. The Hall–Kier alpha value is -3.15. The second kappa shape index (κ2) is 47.5. The largest absolute Gasteiger partial charge is 0.462 e. The van der Waals surface area contributed by atoms with E-state index in [2.05, 4.69) is 93.7 Å². The van der Waals surface area contributed by atoms with Gasteiger partial charge in [0.05, 0.1) is 0 Å². The lowest BCUT2D eigenvalue weighted by atomic mass is 10.1. The molecule has 0 aromatic carbocycles. The van der Waals surface area contributed by atoms with Gasteiger partial charge in [-0.2, -0.15) is 0 Å². The van der Waals surface area contributed by atoms with Gasteiger partial charge in [0.25, 0.3) is 0 Å². The number of carbonyl (C=O) groups is 3. The lowest BCUT2D eigenvalue weighted by Gasteiger charge is -2.18. The first-order valence-electron chi connectivity index (χ1n) is 24.4. The average molecular weight is 823 g/mol. The number of esters is 3. The number of carbonyl (C=O) groups excluding carboxylic acids is 3. The minimum Gasteiger partial charge on any atom is -0.462 e. The van der Waals surface area contributed by atoms with Crippen molar-refractivity contribution < 1.29 is 28.6 Å². The molecule has 0 amide bonds. The molecular weight excluding hydrogens is 733 g/mol. The molecule has 0 fully saturated rings. The summed E-state index contributed by atoms with van der Waals surface area (Å²) in [5, 5.41) is 0. The molecule has 6 nitrogen and oxygen atoms in total. The van der Waals surface area contributed by atoms with Crippen LogP contribution in [0.4, 0.5) is 0 Å². The molecule has 0 spiro atoms. The van der Waals surface area contributed by atoms with Crippen molar-refractivity contribution >= 4 is 17.9 Å². The van der Waals surface area contributed by atoms with Crippen LogP contribution in [0.5, 0.6) is 0 Å². The smallest absolute Gasteiger partial charge is 0.306 e. The molecule has 1 atom stereocenters. The van der Waals surface area contributed by atoms with E-state index in [0.29, 0.717) is 19.3 Å². The van der Waals surface area contributed by atoms with Crippen LogP contribution in [0.3, 0.4) is 0 Å². The standard InChI is InChI=1S/C53H90O6/c1-4-7-10-13-16-18-20-22-24-26-28-30-32-34-37-40-43-46-52(55)58-49-50(48-57-51(54)45-42-39-36-15-12-9-6-3)59-53(56)47-44-41-38-35-33-31-29-27-25-23-21-19-17-14-11-8-5-2/h7,10,16,18,22-25,28,30,34,37,50H,4-6,8-9,11-15,17,19-21,26-27,29,31-33,35-36,38-49H2,1-3H3/b10-7-,18-16-,24-22-,25-23-,30-28-,37-34-. The van der Waals surface area contributed by atoms with Gasteiger partial charge in [0.15, 0.2) is 6.10 Å². The van der Waals surface area contributed by atoms with Crippen molar-refractivity contribution in [3.8, 4) is 0 Å². The van der Waals surface area contributed by atoms with Crippen LogP contribution in [0.1, 0.15) is 226 Å². The van der Waals surface area contributed by atoms with Crippen molar-refractivity contribution in [2.45, 2.75) is 232 Å². The van der Waals surface area contributed by atoms with E-state index >= 15 is 0 Å². The average Bonchev–Trinajstić information content (AvgIpc) is 3.23. The molecule has 0 bridgehead atoms. The second-order valence-corrected chi connectivity index (χ2v) is 16.0. The van der Waals surface area contributed by atoms with Gasteiger partial charge in [-0.05, 0) is 83.5 Å². The number of allylic oxidation sites excluding steroid dienone is 12. The predicted octanol–water partition coefficient (Wildman–Crippen LogP) is 15.9. The highest BCUT2D eigenvalue weighted by molar-refractivity contribution is 5.71. The summed E-state index contributed by atoms with van der Waals surface area (Å²) < 4.78 is 16.6. The summed E-state index contributed by atoms with van der Waals surface area (Å²) >= 11 is 0. The minimum atomic E-state index is -0.796. The van der Waals surface area contributed by atoms with E-state index in [0.717, 1.165) is 77.0 Å². The third-order valence-corrected chi connectivity index (χ3v) is 10.2. The Labute approximate surface area is 363 Å². The third-order valence-electron chi connectivity index (χ3n) is 10.2. The van der Waals surface area contributed by atoms with Crippen LogP contribution in [-0.2, 0) is 28.6 Å². The highest BCUT2D eigenvalue weighted by atomic mass is 16.6. The van der Waals surface area contributed by atoms with Crippen molar-refractivity contribution in [2.75, 3.05) is 13.2 Å².